The molecule has 0 spiro atoms. The molecule has 1 aromatic rings. The molecule has 0 amide bonds. The highest BCUT2D eigenvalue weighted by atomic mass is 16.5. The van der Waals surface area contributed by atoms with Crippen LogP contribution in [0.25, 0.3) is 0 Å². The number of nitrogens with zero attached hydrogens (tertiary/aromatic N) is 2. The Hall–Kier alpha value is -1.12. The third kappa shape index (κ3) is 2.44. The van der Waals surface area contributed by atoms with Crippen LogP contribution in [-0.4, -0.2) is 17.3 Å². The summed E-state index contributed by atoms with van der Waals surface area (Å²) in [5.74, 6) is 1.02. The Bertz CT molecular complexity index is 304. The first-order valence-electron chi connectivity index (χ1n) is 4.81. The molecule has 1 atom stereocenters. The van der Waals surface area contributed by atoms with E-state index in [0.29, 0.717) is 11.8 Å². The monoisotopic (exact) mass is 194 g/mol. The standard InChI is InChI=1S/C11H18N2O/c1-8(11(2,3)4)9-6-10(14-5)13-12-7-9/h6-8H,1-5H3. The first-order chi connectivity index (χ1) is 6.45. The molecule has 3 nitrogen and oxygen atoms in total. The van der Waals surface area contributed by atoms with Gasteiger partial charge in [-0.3, -0.25) is 0 Å². The molecule has 1 rings (SSSR count). The van der Waals surface area contributed by atoms with Crippen molar-refractivity contribution in [2.24, 2.45) is 5.41 Å². The van der Waals surface area contributed by atoms with E-state index in [4.69, 9.17) is 4.74 Å². The molecule has 0 aliphatic carbocycles. The fraction of sp³-hybridized carbons (Fsp3) is 0.636. The number of rotatable bonds is 2. The zero-order valence-electron chi connectivity index (χ0n) is 9.53. The molecule has 3 heteroatoms. The Labute approximate surface area is 85.5 Å². The molecule has 1 aromatic heterocycles. The summed E-state index contributed by atoms with van der Waals surface area (Å²) in [6.45, 7) is 8.83. The highest BCUT2D eigenvalue weighted by Crippen LogP contribution is 2.34. The van der Waals surface area contributed by atoms with Crippen LogP contribution in [0.15, 0.2) is 12.3 Å². The molecule has 0 saturated heterocycles. The van der Waals surface area contributed by atoms with Crippen LogP contribution in [0.2, 0.25) is 0 Å². The SMILES string of the molecule is COc1cc(C(C)C(C)(C)C)cnn1. The molecule has 0 fully saturated rings. The molecule has 0 saturated carbocycles. The molecule has 0 aliphatic heterocycles. The van der Waals surface area contributed by atoms with Gasteiger partial charge in [0.1, 0.15) is 0 Å². The average Bonchev–Trinajstić information content (AvgIpc) is 2.15. The largest absolute Gasteiger partial charge is 0.480 e. The Morgan fingerprint density at radius 1 is 1.36 bits per heavy atom. The van der Waals surface area contributed by atoms with Crippen LogP contribution in [-0.2, 0) is 0 Å². The van der Waals surface area contributed by atoms with Gasteiger partial charge >= 0.3 is 0 Å². The molecule has 1 heterocycles. The summed E-state index contributed by atoms with van der Waals surface area (Å²) < 4.78 is 5.04. The van der Waals surface area contributed by atoms with Crippen molar-refractivity contribution in [3.63, 3.8) is 0 Å². The van der Waals surface area contributed by atoms with Crippen LogP contribution >= 0.6 is 0 Å². The predicted octanol–water partition coefficient (Wildman–Crippen LogP) is 2.63. The summed E-state index contributed by atoms with van der Waals surface area (Å²) in [6.07, 6.45) is 1.80. The van der Waals surface area contributed by atoms with Crippen molar-refractivity contribution < 1.29 is 4.74 Å². The Morgan fingerprint density at radius 3 is 2.50 bits per heavy atom. The minimum Gasteiger partial charge on any atom is -0.480 e. The number of aromatic nitrogens is 2. The zero-order chi connectivity index (χ0) is 10.8. The van der Waals surface area contributed by atoms with Crippen molar-refractivity contribution in [1.29, 1.82) is 0 Å². The van der Waals surface area contributed by atoms with Crippen LogP contribution in [0.1, 0.15) is 39.2 Å². The minimum atomic E-state index is 0.230. The van der Waals surface area contributed by atoms with E-state index in [1.165, 1.54) is 5.56 Å². The van der Waals surface area contributed by atoms with E-state index < -0.39 is 0 Å². The van der Waals surface area contributed by atoms with Crippen LogP contribution < -0.4 is 4.74 Å². The van der Waals surface area contributed by atoms with Gasteiger partial charge < -0.3 is 4.74 Å². The van der Waals surface area contributed by atoms with Crippen LogP contribution in [0, 0.1) is 5.41 Å². The first kappa shape index (κ1) is 11.0. The van der Waals surface area contributed by atoms with Crippen molar-refractivity contribution >= 4 is 0 Å². The lowest BCUT2D eigenvalue weighted by Crippen LogP contribution is -2.15. The molecule has 0 bridgehead atoms. The third-order valence-electron chi connectivity index (χ3n) is 2.66. The van der Waals surface area contributed by atoms with Gasteiger partial charge in [-0.15, -0.1) is 5.10 Å². The number of hydrogen-bond donors (Lipinski definition) is 0. The number of methoxy groups -OCH3 is 1. The highest BCUT2D eigenvalue weighted by Gasteiger charge is 2.22. The maximum atomic E-state index is 5.04. The smallest absolute Gasteiger partial charge is 0.233 e. The lowest BCUT2D eigenvalue weighted by atomic mass is 9.78. The lowest BCUT2D eigenvalue weighted by Gasteiger charge is -2.27. The average molecular weight is 194 g/mol. The lowest BCUT2D eigenvalue weighted by molar-refractivity contribution is 0.335. The first-order valence-corrected chi connectivity index (χ1v) is 4.81. The molecule has 1 unspecified atom stereocenters. The van der Waals surface area contributed by atoms with Crippen molar-refractivity contribution in [2.75, 3.05) is 7.11 Å². The van der Waals surface area contributed by atoms with E-state index in [0.717, 1.165) is 0 Å². The van der Waals surface area contributed by atoms with Gasteiger partial charge in [0.25, 0.3) is 0 Å². The van der Waals surface area contributed by atoms with E-state index in [2.05, 4.69) is 37.9 Å². The summed E-state index contributed by atoms with van der Waals surface area (Å²) in [4.78, 5) is 0. The van der Waals surface area contributed by atoms with Gasteiger partial charge in [0.2, 0.25) is 5.88 Å². The molecule has 0 aliphatic rings. The van der Waals surface area contributed by atoms with E-state index in [1.54, 1.807) is 13.3 Å². The van der Waals surface area contributed by atoms with Gasteiger partial charge in [0, 0.05) is 6.07 Å². The van der Waals surface area contributed by atoms with E-state index in [1.807, 2.05) is 6.07 Å². The van der Waals surface area contributed by atoms with Crippen molar-refractivity contribution in [2.45, 2.75) is 33.6 Å². The van der Waals surface area contributed by atoms with Gasteiger partial charge in [-0.1, -0.05) is 27.7 Å². The van der Waals surface area contributed by atoms with Gasteiger partial charge in [0.05, 0.1) is 13.3 Å². The maximum Gasteiger partial charge on any atom is 0.233 e. The molecule has 0 N–H and O–H groups in total. The van der Waals surface area contributed by atoms with E-state index >= 15 is 0 Å². The summed E-state index contributed by atoms with van der Waals surface area (Å²) in [5, 5.41) is 7.77. The fourth-order valence-electron chi connectivity index (χ4n) is 1.20. The Kier molecular flexibility index (Phi) is 3.09. The molecular weight excluding hydrogens is 176 g/mol. The van der Waals surface area contributed by atoms with Gasteiger partial charge in [0.15, 0.2) is 0 Å². The van der Waals surface area contributed by atoms with E-state index in [9.17, 15) is 0 Å². The zero-order valence-corrected chi connectivity index (χ0v) is 9.53. The molecule has 0 aromatic carbocycles. The molecular formula is C11H18N2O. The molecule has 14 heavy (non-hydrogen) atoms. The van der Waals surface area contributed by atoms with Crippen LogP contribution in [0.4, 0.5) is 0 Å². The van der Waals surface area contributed by atoms with Crippen molar-refractivity contribution in [3.8, 4) is 5.88 Å². The second-order valence-electron chi connectivity index (χ2n) is 4.62. The summed E-state index contributed by atoms with van der Waals surface area (Å²) in [7, 11) is 1.61. The molecule has 78 valence electrons. The summed E-state index contributed by atoms with van der Waals surface area (Å²) in [6, 6.07) is 1.95. The van der Waals surface area contributed by atoms with E-state index in [-0.39, 0.29) is 5.41 Å². The fourth-order valence-corrected chi connectivity index (χ4v) is 1.20. The quantitative estimate of drug-likeness (QED) is 0.726. The van der Waals surface area contributed by atoms with Gasteiger partial charge in [-0.2, -0.15) is 5.10 Å². The normalized spacial score (nSPS) is 13.8. The van der Waals surface area contributed by atoms with Gasteiger partial charge in [-0.25, -0.2) is 0 Å². The second kappa shape index (κ2) is 3.95. The summed E-state index contributed by atoms with van der Waals surface area (Å²) in [5.41, 5.74) is 1.40. The Balaban J connectivity index is 2.95. The van der Waals surface area contributed by atoms with Crippen LogP contribution in [0.3, 0.4) is 0 Å². The number of ether oxygens (including phenoxy) is 1. The van der Waals surface area contributed by atoms with Crippen molar-refractivity contribution in [3.05, 3.63) is 17.8 Å². The highest BCUT2D eigenvalue weighted by molar-refractivity contribution is 5.21. The minimum absolute atomic E-state index is 0.230. The van der Waals surface area contributed by atoms with Crippen molar-refractivity contribution in [1.82, 2.24) is 10.2 Å². The Morgan fingerprint density at radius 2 is 2.00 bits per heavy atom. The molecule has 0 radical (unpaired) electrons. The maximum absolute atomic E-state index is 5.04. The van der Waals surface area contributed by atoms with Crippen LogP contribution in [0.5, 0.6) is 5.88 Å². The summed E-state index contributed by atoms with van der Waals surface area (Å²) >= 11 is 0. The third-order valence-corrected chi connectivity index (χ3v) is 2.66. The number of hydrogen-bond acceptors (Lipinski definition) is 3. The van der Waals surface area contributed by atoms with Gasteiger partial charge in [-0.05, 0) is 16.9 Å². The topological polar surface area (TPSA) is 35.0 Å². The predicted molar refractivity (Wildman–Crippen MR) is 56.5 cm³/mol. The second-order valence-corrected chi connectivity index (χ2v) is 4.62.